The average Bonchev–Trinajstić information content (AvgIpc) is 2.81. The monoisotopic (exact) mass is 448 g/mol. The number of hydrogen-bond acceptors (Lipinski definition) is 5. The minimum atomic E-state index is -0.617. The molecule has 0 spiro atoms. The summed E-state index contributed by atoms with van der Waals surface area (Å²) in [5.41, 5.74) is 2.43. The lowest BCUT2D eigenvalue weighted by molar-refractivity contribution is -0.124. The second-order valence-corrected chi connectivity index (χ2v) is 8.43. The molecule has 7 nitrogen and oxygen atoms in total. The van der Waals surface area contributed by atoms with Gasteiger partial charge >= 0.3 is 6.09 Å². The van der Waals surface area contributed by atoms with Gasteiger partial charge in [-0.3, -0.25) is 15.3 Å². The SMILES string of the molecule is CC(C)(CC/C=C/C(=O)NO)[C@@H](OC(=O)Nc1cccc2ccccc12)c1ccc(O)cc1. The van der Waals surface area contributed by atoms with Crippen LogP contribution in [0.15, 0.2) is 78.9 Å². The molecule has 0 saturated carbocycles. The molecule has 172 valence electrons. The molecule has 7 heteroatoms. The molecular formula is C26H28N2O5. The second kappa shape index (κ2) is 10.7. The third-order valence-corrected chi connectivity index (χ3v) is 5.49. The molecule has 0 radical (unpaired) electrons. The molecule has 0 saturated heterocycles. The third kappa shape index (κ3) is 6.33. The van der Waals surface area contributed by atoms with Crippen LogP contribution in [0.3, 0.4) is 0 Å². The number of anilines is 1. The molecule has 33 heavy (non-hydrogen) atoms. The van der Waals surface area contributed by atoms with Gasteiger partial charge in [-0.05, 0) is 42.0 Å². The van der Waals surface area contributed by atoms with Crippen LogP contribution in [0.25, 0.3) is 10.8 Å². The van der Waals surface area contributed by atoms with E-state index in [1.165, 1.54) is 6.08 Å². The topological polar surface area (TPSA) is 108 Å². The van der Waals surface area contributed by atoms with Crippen molar-refractivity contribution in [3.63, 3.8) is 0 Å². The summed E-state index contributed by atoms with van der Waals surface area (Å²) >= 11 is 0. The van der Waals surface area contributed by atoms with Crippen molar-refractivity contribution in [3.8, 4) is 5.75 Å². The number of phenolic OH excluding ortho intramolecular Hbond substituents is 1. The first-order valence-electron chi connectivity index (χ1n) is 10.6. The number of aromatic hydroxyl groups is 1. The highest BCUT2D eigenvalue weighted by Crippen LogP contribution is 2.41. The van der Waals surface area contributed by atoms with Gasteiger partial charge in [0.1, 0.15) is 11.9 Å². The smallest absolute Gasteiger partial charge is 0.412 e. The summed E-state index contributed by atoms with van der Waals surface area (Å²) in [6, 6.07) is 20.0. The third-order valence-electron chi connectivity index (χ3n) is 5.49. The number of ether oxygens (including phenoxy) is 1. The predicted molar refractivity (Wildman–Crippen MR) is 127 cm³/mol. The molecule has 2 amide bonds. The van der Waals surface area contributed by atoms with Gasteiger partial charge in [-0.1, -0.05) is 68.5 Å². The highest BCUT2D eigenvalue weighted by Gasteiger charge is 2.34. The Bertz CT molecular complexity index is 1130. The van der Waals surface area contributed by atoms with Gasteiger partial charge in [-0.25, -0.2) is 10.3 Å². The number of carbonyl (C=O) groups is 2. The Kier molecular flexibility index (Phi) is 7.69. The highest BCUT2D eigenvalue weighted by molar-refractivity contribution is 6.00. The van der Waals surface area contributed by atoms with E-state index in [-0.39, 0.29) is 5.75 Å². The first-order chi connectivity index (χ1) is 15.8. The fraction of sp³-hybridized carbons (Fsp3) is 0.231. The van der Waals surface area contributed by atoms with Crippen LogP contribution in [0.4, 0.5) is 10.5 Å². The Morgan fingerprint density at radius 2 is 1.73 bits per heavy atom. The van der Waals surface area contributed by atoms with Crippen LogP contribution in [0.5, 0.6) is 5.75 Å². The van der Waals surface area contributed by atoms with Crippen molar-refractivity contribution >= 4 is 28.5 Å². The molecule has 4 N–H and O–H groups in total. The van der Waals surface area contributed by atoms with Crippen molar-refractivity contribution in [3.05, 3.63) is 84.4 Å². The molecule has 1 atom stereocenters. The quantitative estimate of drug-likeness (QED) is 0.201. The molecule has 3 aromatic carbocycles. The summed E-state index contributed by atoms with van der Waals surface area (Å²) < 4.78 is 5.92. The lowest BCUT2D eigenvalue weighted by Gasteiger charge is -2.34. The van der Waals surface area contributed by atoms with Crippen molar-refractivity contribution in [1.29, 1.82) is 0 Å². The zero-order chi connectivity index (χ0) is 23.8. The van der Waals surface area contributed by atoms with E-state index in [0.29, 0.717) is 18.5 Å². The Morgan fingerprint density at radius 3 is 2.45 bits per heavy atom. The lowest BCUT2D eigenvalue weighted by Crippen LogP contribution is -2.29. The Hall–Kier alpha value is -3.84. The Morgan fingerprint density at radius 1 is 1.03 bits per heavy atom. The number of rotatable bonds is 8. The van der Waals surface area contributed by atoms with Gasteiger partial charge in [0.15, 0.2) is 0 Å². The van der Waals surface area contributed by atoms with Crippen LogP contribution >= 0.6 is 0 Å². The van der Waals surface area contributed by atoms with E-state index in [9.17, 15) is 14.7 Å². The number of carbonyl (C=O) groups excluding carboxylic acids is 2. The van der Waals surface area contributed by atoms with Gasteiger partial charge in [-0.15, -0.1) is 0 Å². The number of benzene rings is 3. The van der Waals surface area contributed by atoms with E-state index in [4.69, 9.17) is 9.94 Å². The first-order valence-corrected chi connectivity index (χ1v) is 10.6. The van der Waals surface area contributed by atoms with Gasteiger partial charge in [0.2, 0.25) is 0 Å². The van der Waals surface area contributed by atoms with Crippen LogP contribution in [0.1, 0.15) is 38.4 Å². The molecule has 0 aromatic heterocycles. The number of allylic oxidation sites excluding steroid dienone is 1. The molecule has 0 aliphatic heterocycles. The number of hydroxylamine groups is 1. The minimum Gasteiger partial charge on any atom is -0.508 e. The number of hydrogen-bond donors (Lipinski definition) is 4. The van der Waals surface area contributed by atoms with Crippen LogP contribution in [0.2, 0.25) is 0 Å². The van der Waals surface area contributed by atoms with E-state index >= 15 is 0 Å². The van der Waals surface area contributed by atoms with Crippen molar-refractivity contribution < 1.29 is 24.6 Å². The van der Waals surface area contributed by atoms with Crippen molar-refractivity contribution in [2.24, 2.45) is 5.41 Å². The van der Waals surface area contributed by atoms with Crippen LogP contribution < -0.4 is 10.8 Å². The molecule has 0 aliphatic carbocycles. The summed E-state index contributed by atoms with van der Waals surface area (Å²) in [6.45, 7) is 3.94. The number of nitrogens with one attached hydrogen (secondary N) is 2. The molecule has 3 rings (SSSR count). The lowest BCUT2D eigenvalue weighted by atomic mass is 9.78. The fourth-order valence-electron chi connectivity index (χ4n) is 3.72. The van der Waals surface area contributed by atoms with Crippen molar-refractivity contribution in [1.82, 2.24) is 5.48 Å². The van der Waals surface area contributed by atoms with Crippen LogP contribution in [-0.4, -0.2) is 22.3 Å². The molecule has 0 unspecified atom stereocenters. The van der Waals surface area contributed by atoms with Gasteiger partial charge < -0.3 is 9.84 Å². The van der Waals surface area contributed by atoms with Gasteiger partial charge in [0.25, 0.3) is 5.91 Å². The van der Waals surface area contributed by atoms with Crippen molar-refractivity contribution in [2.45, 2.75) is 32.8 Å². The van der Waals surface area contributed by atoms with Gasteiger partial charge in [-0.2, -0.15) is 0 Å². The fourth-order valence-corrected chi connectivity index (χ4v) is 3.72. The zero-order valence-corrected chi connectivity index (χ0v) is 18.6. The summed E-state index contributed by atoms with van der Waals surface area (Å²) in [4.78, 5) is 24.1. The van der Waals surface area contributed by atoms with Crippen LogP contribution in [-0.2, 0) is 9.53 Å². The number of phenols is 1. The van der Waals surface area contributed by atoms with E-state index in [0.717, 1.165) is 16.3 Å². The second-order valence-electron chi connectivity index (χ2n) is 8.43. The molecule has 3 aromatic rings. The van der Waals surface area contributed by atoms with E-state index in [1.807, 2.05) is 56.3 Å². The normalized spacial score (nSPS) is 12.5. The maximum Gasteiger partial charge on any atom is 0.412 e. The first kappa shape index (κ1) is 23.8. The number of amides is 2. The van der Waals surface area contributed by atoms with E-state index in [1.54, 1.807) is 35.8 Å². The predicted octanol–water partition coefficient (Wildman–Crippen LogP) is 5.70. The van der Waals surface area contributed by atoms with Gasteiger partial charge in [0.05, 0.1) is 5.69 Å². The van der Waals surface area contributed by atoms with E-state index < -0.39 is 23.5 Å². The zero-order valence-electron chi connectivity index (χ0n) is 18.6. The summed E-state index contributed by atoms with van der Waals surface area (Å²) in [7, 11) is 0. The number of fused-ring (bicyclic) bond motifs is 1. The molecule has 0 aliphatic rings. The van der Waals surface area contributed by atoms with E-state index in [2.05, 4.69) is 5.32 Å². The molecular weight excluding hydrogens is 420 g/mol. The maximum atomic E-state index is 12.9. The largest absolute Gasteiger partial charge is 0.508 e. The summed E-state index contributed by atoms with van der Waals surface area (Å²) in [5.74, 6) is -0.484. The van der Waals surface area contributed by atoms with Crippen molar-refractivity contribution in [2.75, 3.05) is 5.32 Å². The molecule has 0 fully saturated rings. The summed E-state index contributed by atoms with van der Waals surface area (Å²) in [6.07, 6.45) is 2.82. The molecule has 0 heterocycles. The summed E-state index contributed by atoms with van der Waals surface area (Å²) in [5, 5.41) is 23.0. The minimum absolute atomic E-state index is 0.119. The maximum absolute atomic E-state index is 12.9. The Balaban J connectivity index is 1.80. The van der Waals surface area contributed by atoms with Crippen LogP contribution in [0, 0.1) is 5.41 Å². The average molecular weight is 449 g/mol. The Labute approximate surface area is 192 Å². The highest BCUT2D eigenvalue weighted by atomic mass is 16.6. The van der Waals surface area contributed by atoms with Gasteiger partial charge in [0, 0.05) is 16.9 Å². The standard InChI is InChI=1S/C26H28N2O5/c1-26(2,17-6-5-12-23(30)28-32)24(19-13-15-20(29)16-14-19)33-25(31)27-22-11-7-9-18-8-3-4-10-21(18)22/h3-5,7-16,24,29,32H,6,17H2,1-2H3,(H,27,31)(H,28,30)/b12-5+/t24-/m0/s1. The molecule has 0 bridgehead atoms.